The van der Waals surface area contributed by atoms with Crippen LogP contribution in [0.1, 0.15) is 5.56 Å². The van der Waals surface area contributed by atoms with Gasteiger partial charge in [0.15, 0.2) is 5.96 Å². The number of anilines is 1. The van der Waals surface area contributed by atoms with Gasteiger partial charge in [0.1, 0.15) is 0 Å². The van der Waals surface area contributed by atoms with E-state index in [1.807, 2.05) is 44.4 Å². The highest BCUT2D eigenvalue weighted by atomic mass is 35.5. The molecule has 1 fully saturated rings. The third-order valence-electron chi connectivity index (χ3n) is 4.86. The van der Waals surface area contributed by atoms with Crippen LogP contribution in [0, 0.1) is 0 Å². The van der Waals surface area contributed by atoms with E-state index in [0.717, 1.165) is 68.3 Å². The Kier molecular flexibility index (Phi) is 7.45. The Hall–Kier alpha value is -2.38. The summed E-state index contributed by atoms with van der Waals surface area (Å²) in [6.45, 7) is 6.46. The highest BCUT2D eigenvalue weighted by Gasteiger charge is 2.18. The lowest BCUT2D eigenvalue weighted by Crippen LogP contribution is -2.49. The van der Waals surface area contributed by atoms with Crippen molar-refractivity contribution in [2.24, 2.45) is 4.99 Å². The van der Waals surface area contributed by atoms with Crippen LogP contribution in [0.25, 0.3) is 0 Å². The topological polar surface area (TPSA) is 59.9 Å². The van der Waals surface area contributed by atoms with Crippen molar-refractivity contribution in [3.8, 4) is 0 Å². The van der Waals surface area contributed by atoms with Crippen LogP contribution in [0.4, 0.5) is 5.95 Å². The number of halogens is 1. The molecule has 0 radical (unpaired) electrons. The second kappa shape index (κ2) is 10.2. The van der Waals surface area contributed by atoms with Gasteiger partial charge in [-0.05, 0) is 17.7 Å². The van der Waals surface area contributed by atoms with E-state index in [0.29, 0.717) is 0 Å². The second-order valence-electron chi connectivity index (χ2n) is 6.80. The summed E-state index contributed by atoms with van der Waals surface area (Å²) in [5.41, 5.74) is 1.09. The molecular weight excluding hydrogens is 374 g/mol. The number of piperazine rings is 1. The number of benzene rings is 1. The molecule has 0 amide bonds. The van der Waals surface area contributed by atoms with Gasteiger partial charge >= 0.3 is 0 Å². The van der Waals surface area contributed by atoms with Crippen molar-refractivity contribution in [2.75, 3.05) is 58.3 Å². The van der Waals surface area contributed by atoms with Gasteiger partial charge in [0.25, 0.3) is 0 Å². The number of nitrogens with zero attached hydrogens (tertiary/aromatic N) is 6. The van der Waals surface area contributed by atoms with Crippen LogP contribution in [0.2, 0.25) is 5.02 Å². The molecule has 1 saturated heterocycles. The van der Waals surface area contributed by atoms with Crippen LogP contribution in [0.15, 0.2) is 47.7 Å². The van der Waals surface area contributed by atoms with E-state index in [9.17, 15) is 0 Å². The first kappa shape index (κ1) is 20.4. The minimum atomic E-state index is 0.717. The monoisotopic (exact) mass is 401 g/mol. The Bertz CT molecular complexity index is 760. The largest absolute Gasteiger partial charge is 0.355 e. The zero-order chi connectivity index (χ0) is 19.8. The molecule has 2 aromatic rings. The highest BCUT2D eigenvalue weighted by Crippen LogP contribution is 2.16. The van der Waals surface area contributed by atoms with Crippen molar-refractivity contribution in [1.29, 1.82) is 0 Å². The van der Waals surface area contributed by atoms with Crippen molar-refractivity contribution in [3.05, 3.63) is 53.3 Å². The van der Waals surface area contributed by atoms with Crippen LogP contribution < -0.4 is 10.2 Å². The maximum absolute atomic E-state index is 6.27. The zero-order valence-corrected chi connectivity index (χ0v) is 17.3. The molecule has 1 aromatic carbocycles. The highest BCUT2D eigenvalue weighted by molar-refractivity contribution is 6.31. The number of nitrogens with one attached hydrogen (secondary N) is 1. The molecule has 8 heteroatoms. The van der Waals surface area contributed by atoms with Crippen LogP contribution in [-0.2, 0) is 6.54 Å². The van der Waals surface area contributed by atoms with Crippen LogP contribution >= 0.6 is 11.6 Å². The Morgan fingerprint density at radius 3 is 2.54 bits per heavy atom. The molecule has 28 heavy (non-hydrogen) atoms. The predicted molar refractivity (Wildman–Crippen MR) is 115 cm³/mol. The van der Waals surface area contributed by atoms with Crippen molar-refractivity contribution >= 4 is 23.5 Å². The third kappa shape index (κ3) is 5.56. The molecule has 0 unspecified atom stereocenters. The summed E-state index contributed by atoms with van der Waals surface area (Å²) in [6, 6.07) is 9.76. The molecular formula is C20H28ClN7. The van der Waals surface area contributed by atoms with Crippen LogP contribution in [0.3, 0.4) is 0 Å². The number of aliphatic imine (C=N–C) groups is 1. The molecule has 0 saturated carbocycles. The summed E-state index contributed by atoms with van der Waals surface area (Å²) in [7, 11) is 3.83. The summed E-state index contributed by atoms with van der Waals surface area (Å²) in [4.78, 5) is 19.8. The minimum absolute atomic E-state index is 0.717. The number of aromatic nitrogens is 2. The number of rotatable bonds is 6. The molecule has 0 aliphatic carbocycles. The molecule has 0 bridgehead atoms. The van der Waals surface area contributed by atoms with Gasteiger partial charge in [-0.2, -0.15) is 0 Å². The molecule has 1 aliphatic rings. The SMILES string of the molecule is CN=C(NCCN1CCN(c2ncccn2)CC1)N(C)Cc1ccccc1Cl. The minimum Gasteiger partial charge on any atom is -0.355 e. The zero-order valence-electron chi connectivity index (χ0n) is 16.6. The van der Waals surface area contributed by atoms with Crippen LogP contribution in [0.5, 0.6) is 0 Å². The lowest BCUT2D eigenvalue weighted by molar-refractivity contribution is 0.259. The van der Waals surface area contributed by atoms with Gasteiger partial charge in [-0.1, -0.05) is 29.8 Å². The predicted octanol–water partition coefficient (Wildman–Crippen LogP) is 1.96. The molecule has 7 nitrogen and oxygen atoms in total. The van der Waals surface area contributed by atoms with Gasteiger partial charge in [0.05, 0.1) is 0 Å². The summed E-state index contributed by atoms with van der Waals surface area (Å²) in [5.74, 6) is 1.69. The quantitative estimate of drug-likeness (QED) is 0.589. The fourth-order valence-corrected chi connectivity index (χ4v) is 3.49. The van der Waals surface area contributed by atoms with E-state index in [1.54, 1.807) is 12.4 Å². The Balaban J connectivity index is 1.41. The molecule has 2 heterocycles. The number of hydrogen-bond acceptors (Lipinski definition) is 5. The molecule has 0 atom stereocenters. The second-order valence-corrected chi connectivity index (χ2v) is 7.21. The van der Waals surface area contributed by atoms with E-state index in [1.165, 1.54) is 0 Å². The smallest absolute Gasteiger partial charge is 0.225 e. The summed E-state index contributed by atoms with van der Waals surface area (Å²) in [6.07, 6.45) is 3.59. The fourth-order valence-electron chi connectivity index (χ4n) is 3.29. The van der Waals surface area contributed by atoms with E-state index in [2.05, 4.69) is 35.0 Å². The van der Waals surface area contributed by atoms with Gasteiger partial charge in [-0.3, -0.25) is 9.89 Å². The number of guanidine groups is 1. The third-order valence-corrected chi connectivity index (χ3v) is 5.23. The molecule has 1 aromatic heterocycles. The van der Waals surface area contributed by atoms with Gasteiger partial charge in [0.2, 0.25) is 5.95 Å². The molecule has 3 rings (SSSR count). The van der Waals surface area contributed by atoms with E-state index in [4.69, 9.17) is 11.6 Å². The van der Waals surface area contributed by atoms with Crippen molar-refractivity contribution < 1.29 is 0 Å². The Labute approximate surface area is 172 Å². The molecule has 1 N–H and O–H groups in total. The van der Waals surface area contributed by atoms with Crippen LogP contribution in [-0.4, -0.2) is 79.1 Å². The average molecular weight is 402 g/mol. The maximum atomic E-state index is 6.27. The van der Waals surface area contributed by atoms with Gasteiger partial charge in [0, 0.05) is 77.3 Å². The lowest BCUT2D eigenvalue weighted by Gasteiger charge is -2.34. The molecule has 1 aliphatic heterocycles. The number of hydrogen-bond donors (Lipinski definition) is 1. The Morgan fingerprint density at radius 1 is 1.14 bits per heavy atom. The first-order valence-corrected chi connectivity index (χ1v) is 9.94. The van der Waals surface area contributed by atoms with Gasteiger partial charge in [-0.25, -0.2) is 9.97 Å². The fraction of sp³-hybridized carbons (Fsp3) is 0.450. The van der Waals surface area contributed by atoms with Gasteiger partial charge in [-0.15, -0.1) is 0 Å². The standard InChI is InChI=1S/C20H28ClN7/c1-22-19(26(2)16-17-6-3-4-7-18(17)21)25-10-11-27-12-14-28(15-13-27)20-23-8-5-9-24-20/h3-9H,10-16H2,1-2H3,(H,22,25). The summed E-state index contributed by atoms with van der Waals surface area (Å²) < 4.78 is 0. The van der Waals surface area contributed by atoms with Crippen molar-refractivity contribution in [2.45, 2.75) is 6.54 Å². The van der Waals surface area contributed by atoms with Crippen molar-refractivity contribution in [1.82, 2.24) is 25.1 Å². The van der Waals surface area contributed by atoms with E-state index >= 15 is 0 Å². The normalized spacial score (nSPS) is 15.5. The van der Waals surface area contributed by atoms with Crippen molar-refractivity contribution in [3.63, 3.8) is 0 Å². The molecule has 150 valence electrons. The van der Waals surface area contributed by atoms with Gasteiger partial charge < -0.3 is 15.1 Å². The first-order chi connectivity index (χ1) is 13.7. The molecule has 0 spiro atoms. The summed E-state index contributed by atoms with van der Waals surface area (Å²) >= 11 is 6.27. The lowest BCUT2D eigenvalue weighted by atomic mass is 10.2. The summed E-state index contributed by atoms with van der Waals surface area (Å²) in [5, 5.41) is 4.23. The van der Waals surface area contributed by atoms with E-state index in [-0.39, 0.29) is 0 Å². The average Bonchev–Trinajstić information content (AvgIpc) is 2.74. The first-order valence-electron chi connectivity index (χ1n) is 9.57. The van der Waals surface area contributed by atoms with E-state index < -0.39 is 0 Å². The maximum Gasteiger partial charge on any atom is 0.225 e. The Morgan fingerprint density at radius 2 is 1.86 bits per heavy atom.